The second-order valence-corrected chi connectivity index (χ2v) is 6.67. The lowest BCUT2D eigenvalue weighted by Gasteiger charge is -2.07. The summed E-state index contributed by atoms with van der Waals surface area (Å²) in [6.07, 6.45) is 6.24. The molecule has 3 heterocycles. The van der Waals surface area contributed by atoms with Crippen LogP contribution >= 0.6 is 11.3 Å². The molecule has 0 saturated carbocycles. The Hall–Kier alpha value is -3.12. The summed E-state index contributed by atoms with van der Waals surface area (Å²) in [5.74, 6) is -0.0425. The van der Waals surface area contributed by atoms with Gasteiger partial charge in [0, 0.05) is 41.3 Å². The Morgan fingerprint density at radius 1 is 1.08 bits per heavy atom. The van der Waals surface area contributed by atoms with Gasteiger partial charge in [-0.05, 0) is 30.7 Å². The van der Waals surface area contributed by atoms with Crippen LogP contribution in [0.4, 0.5) is 5.69 Å². The number of amides is 1. The predicted octanol–water partition coefficient (Wildman–Crippen LogP) is 4.32. The minimum atomic E-state index is -0.0425. The first kappa shape index (κ1) is 16.4. The van der Waals surface area contributed by atoms with Crippen LogP contribution in [0.5, 0.6) is 0 Å². The molecule has 0 bridgehead atoms. The largest absolute Gasteiger partial charge is 0.324 e. The molecule has 5 nitrogen and oxygen atoms in total. The number of thiazole rings is 1. The topological polar surface area (TPSA) is 67.8 Å². The van der Waals surface area contributed by atoms with Crippen molar-refractivity contribution in [2.24, 2.45) is 0 Å². The minimum absolute atomic E-state index is 0.0425. The predicted molar refractivity (Wildman–Crippen MR) is 104 cm³/mol. The van der Waals surface area contributed by atoms with Crippen LogP contribution in [0.3, 0.4) is 0 Å². The van der Waals surface area contributed by atoms with Gasteiger partial charge in [-0.1, -0.05) is 18.2 Å². The number of fused-ring (bicyclic) bond motifs is 1. The molecule has 0 saturated heterocycles. The first-order valence-electron chi connectivity index (χ1n) is 8.28. The third-order valence-electron chi connectivity index (χ3n) is 3.98. The van der Waals surface area contributed by atoms with Gasteiger partial charge >= 0.3 is 0 Å². The zero-order valence-electron chi connectivity index (χ0n) is 13.9. The van der Waals surface area contributed by atoms with Gasteiger partial charge in [0.25, 0.3) is 0 Å². The molecule has 128 valence electrons. The maximum absolute atomic E-state index is 12.3. The van der Waals surface area contributed by atoms with Crippen molar-refractivity contribution in [3.8, 4) is 10.6 Å². The number of carbonyl (C=O) groups excluding carboxylic acids is 1. The Balaban J connectivity index is 1.41. The number of para-hydroxylation sites is 1. The van der Waals surface area contributed by atoms with Gasteiger partial charge in [0.2, 0.25) is 5.91 Å². The Bertz CT molecular complexity index is 1040. The summed E-state index contributed by atoms with van der Waals surface area (Å²) in [6, 6.07) is 13.5. The lowest BCUT2D eigenvalue weighted by atomic mass is 10.2. The van der Waals surface area contributed by atoms with Crippen molar-refractivity contribution in [3.05, 3.63) is 72.1 Å². The normalized spacial score (nSPS) is 10.8. The van der Waals surface area contributed by atoms with Crippen LogP contribution in [0.1, 0.15) is 12.1 Å². The number of hydrogen-bond acceptors (Lipinski definition) is 5. The highest BCUT2D eigenvalue weighted by molar-refractivity contribution is 7.13. The second kappa shape index (κ2) is 7.41. The summed E-state index contributed by atoms with van der Waals surface area (Å²) in [5.41, 5.74) is 3.45. The smallest absolute Gasteiger partial charge is 0.224 e. The van der Waals surface area contributed by atoms with E-state index in [1.54, 1.807) is 29.9 Å². The number of nitrogens with zero attached hydrogens (tertiary/aromatic N) is 3. The molecule has 0 aliphatic rings. The monoisotopic (exact) mass is 360 g/mol. The number of nitrogens with one attached hydrogen (secondary N) is 1. The third-order valence-corrected chi connectivity index (χ3v) is 4.92. The average Bonchev–Trinajstić information content (AvgIpc) is 3.17. The SMILES string of the molecule is O=C(CCc1csc(-c2cccnc2)n1)Nc1cccc2cccnc12. The highest BCUT2D eigenvalue weighted by Gasteiger charge is 2.09. The molecular formula is C20H16N4OS. The maximum Gasteiger partial charge on any atom is 0.224 e. The highest BCUT2D eigenvalue weighted by Crippen LogP contribution is 2.24. The lowest BCUT2D eigenvalue weighted by molar-refractivity contribution is -0.116. The molecular weight excluding hydrogens is 344 g/mol. The van der Waals surface area contributed by atoms with Gasteiger partial charge in [0.1, 0.15) is 5.01 Å². The van der Waals surface area contributed by atoms with E-state index in [1.807, 2.05) is 47.8 Å². The fraction of sp³-hybridized carbons (Fsp3) is 0.100. The minimum Gasteiger partial charge on any atom is -0.324 e. The summed E-state index contributed by atoms with van der Waals surface area (Å²) >= 11 is 1.57. The molecule has 0 aliphatic heterocycles. The number of hydrogen-bond donors (Lipinski definition) is 1. The first-order valence-corrected chi connectivity index (χ1v) is 9.16. The molecule has 1 N–H and O–H groups in total. The van der Waals surface area contributed by atoms with E-state index in [4.69, 9.17) is 0 Å². The van der Waals surface area contributed by atoms with Gasteiger partial charge in [-0.2, -0.15) is 0 Å². The summed E-state index contributed by atoms with van der Waals surface area (Å²) in [7, 11) is 0. The summed E-state index contributed by atoms with van der Waals surface area (Å²) in [5, 5.41) is 6.88. The van der Waals surface area contributed by atoms with Crippen LogP contribution < -0.4 is 5.32 Å². The van der Waals surface area contributed by atoms with Crippen LogP contribution in [-0.4, -0.2) is 20.9 Å². The van der Waals surface area contributed by atoms with Gasteiger partial charge in [-0.15, -0.1) is 11.3 Å². The lowest BCUT2D eigenvalue weighted by Crippen LogP contribution is -2.13. The molecule has 0 fully saturated rings. The Kier molecular flexibility index (Phi) is 4.66. The molecule has 6 heteroatoms. The quantitative estimate of drug-likeness (QED) is 0.575. The Labute approximate surface area is 154 Å². The molecule has 26 heavy (non-hydrogen) atoms. The van der Waals surface area contributed by atoms with E-state index in [-0.39, 0.29) is 5.91 Å². The Morgan fingerprint density at radius 2 is 1.96 bits per heavy atom. The molecule has 1 aromatic carbocycles. The van der Waals surface area contributed by atoms with E-state index in [1.165, 1.54) is 0 Å². The fourth-order valence-electron chi connectivity index (χ4n) is 2.70. The van der Waals surface area contributed by atoms with Gasteiger partial charge in [-0.25, -0.2) is 4.98 Å². The molecule has 4 aromatic rings. The van der Waals surface area contributed by atoms with Crippen LogP contribution in [-0.2, 0) is 11.2 Å². The molecule has 0 spiro atoms. The Morgan fingerprint density at radius 3 is 2.85 bits per heavy atom. The number of aromatic nitrogens is 3. The van der Waals surface area contributed by atoms with Crippen LogP contribution in [0.2, 0.25) is 0 Å². The van der Waals surface area contributed by atoms with Crippen molar-refractivity contribution < 1.29 is 4.79 Å². The van der Waals surface area contributed by atoms with Gasteiger partial charge < -0.3 is 5.32 Å². The van der Waals surface area contributed by atoms with Crippen molar-refractivity contribution in [3.63, 3.8) is 0 Å². The molecule has 3 aromatic heterocycles. The van der Waals surface area contributed by atoms with E-state index >= 15 is 0 Å². The molecule has 1 amide bonds. The van der Waals surface area contributed by atoms with Crippen molar-refractivity contribution in [2.45, 2.75) is 12.8 Å². The average molecular weight is 360 g/mol. The second-order valence-electron chi connectivity index (χ2n) is 5.81. The number of benzene rings is 1. The highest BCUT2D eigenvalue weighted by atomic mass is 32.1. The van der Waals surface area contributed by atoms with Crippen LogP contribution in [0.25, 0.3) is 21.5 Å². The van der Waals surface area contributed by atoms with Gasteiger partial charge in [0.05, 0.1) is 16.9 Å². The summed E-state index contributed by atoms with van der Waals surface area (Å²) < 4.78 is 0. The zero-order chi connectivity index (χ0) is 17.8. The van der Waals surface area contributed by atoms with Crippen molar-refractivity contribution in [2.75, 3.05) is 5.32 Å². The molecule has 0 radical (unpaired) electrons. The summed E-state index contributed by atoms with van der Waals surface area (Å²) in [6.45, 7) is 0. The van der Waals surface area contributed by atoms with Gasteiger partial charge in [-0.3, -0.25) is 14.8 Å². The van der Waals surface area contributed by atoms with E-state index in [0.29, 0.717) is 12.8 Å². The standard InChI is InChI=1S/C20H16N4OS/c25-18(24-17-7-1-4-14-5-3-11-22-19(14)17)9-8-16-13-26-20(23-16)15-6-2-10-21-12-15/h1-7,10-13H,8-9H2,(H,24,25). The number of rotatable bonds is 5. The van der Waals surface area contributed by atoms with E-state index in [0.717, 1.165) is 32.9 Å². The molecule has 0 atom stereocenters. The number of pyridine rings is 2. The molecule has 0 unspecified atom stereocenters. The molecule has 0 aliphatic carbocycles. The fourth-order valence-corrected chi connectivity index (χ4v) is 3.55. The number of carbonyl (C=O) groups is 1. The van der Waals surface area contributed by atoms with Crippen molar-refractivity contribution >= 4 is 33.8 Å². The number of aryl methyl sites for hydroxylation is 1. The maximum atomic E-state index is 12.3. The number of anilines is 1. The zero-order valence-corrected chi connectivity index (χ0v) is 14.7. The van der Waals surface area contributed by atoms with Gasteiger partial charge in [0.15, 0.2) is 0 Å². The van der Waals surface area contributed by atoms with Crippen LogP contribution in [0.15, 0.2) is 66.4 Å². The first-order chi connectivity index (χ1) is 12.8. The van der Waals surface area contributed by atoms with Crippen molar-refractivity contribution in [1.82, 2.24) is 15.0 Å². The van der Waals surface area contributed by atoms with Crippen LogP contribution in [0, 0.1) is 0 Å². The summed E-state index contributed by atoms with van der Waals surface area (Å²) in [4.78, 5) is 25.4. The van der Waals surface area contributed by atoms with Crippen molar-refractivity contribution in [1.29, 1.82) is 0 Å². The molecule has 4 rings (SSSR count). The van der Waals surface area contributed by atoms with E-state index < -0.39 is 0 Å². The third kappa shape index (κ3) is 3.60. The van der Waals surface area contributed by atoms with E-state index in [9.17, 15) is 4.79 Å². The van der Waals surface area contributed by atoms with E-state index in [2.05, 4.69) is 20.3 Å².